The van der Waals surface area contributed by atoms with E-state index in [-0.39, 0.29) is 16.4 Å². The monoisotopic (exact) mass is 396 g/mol. The van der Waals surface area contributed by atoms with Gasteiger partial charge < -0.3 is 4.74 Å². The van der Waals surface area contributed by atoms with Crippen LogP contribution in [0.5, 0.6) is 0 Å². The molecule has 0 saturated heterocycles. The Kier molecular flexibility index (Phi) is 6.32. The number of ketones is 1. The zero-order valence-corrected chi connectivity index (χ0v) is 16.2. The molecule has 0 radical (unpaired) electrons. The number of hydrogen-bond donors (Lipinski definition) is 0. The maximum atomic E-state index is 13.0. The van der Waals surface area contributed by atoms with Gasteiger partial charge in [0.05, 0.1) is 10.6 Å². The number of esters is 1. The second-order valence-electron chi connectivity index (χ2n) is 5.77. The predicted molar refractivity (Wildman–Crippen MR) is 109 cm³/mol. The van der Waals surface area contributed by atoms with Crippen molar-refractivity contribution in [1.29, 1.82) is 0 Å². The van der Waals surface area contributed by atoms with E-state index in [1.165, 1.54) is 11.8 Å². The Hall–Kier alpha value is -2.56. The van der Waals surface area contributed by atoms with Gasteiger partial charge in [-0.1, -0.05) is 72.3 Å². The quantitative estimate of drug-likeness (QED) is 0.298. The first-order valence-electron chi connectivity index (χ1n) is 8.29. The molecule has 3 aromatic carbocycles. The van der Waals surface area contributed by atoms with Gasteiger partial charge in [0.2, 0.25) is 5.78 Å². The number of rotatable bonds is 6. The van der Waals surface area contributed by atoms with Crippen molar-refractivity contribution in [3.05, 3.63) is 101 Å². The molecule has 0 spiro atoms. The molecule has 0 fully saturated rings. The van der Waals surface area contributed by atoms with E-state index in [1.54, 1.807) is 60.7 Å². The molecule has 27 heavy (non-hydrogen) atoms. The second kappa shape index (κ2) is 8.89. The van der Waals surface area contributed by atoms with Gasteiger partial charge in [-0.25, -0.2) is 4.79 Å². The van der Waals surface area contributed by atoms with Gasteiger partial charge in [-0.05, 0) is 24.5 Å². The van der Waals surface area contributed by atoms with Crippen LogP contribution in [0.3, 0.4) is 0 Å². The van der Waals surface area contributed by atoms with Crippen molar-refractivity contribution in [1.82, 2.24) is 0 Å². The van der Waals surface area contributed by atoms with Gasteiger partial charge >= 0.3 is 5.97 Å². The Balaban J connectivity index is 1.95. The van der Waals surface area contributed by atoms with Gasteiger partial charge in [-0.3, -0.25) is 4.79 Å². The lowest BCUT2D eigenvalue weighted by atomic mass is 10.00. The molecule has 0 amide bonds. The minimum Gasteiger partial charge on any atom is -0.445 e. The van der Waals surface area contributed by atoms with Crippen LogP contribution in [-0.4, -0.2) is 18.0 Å². The van der Waals surface area contributed by atoms with E-state index in [1.807, 2.05) is 24.5 Å². The number of halogens is 1. The molecule has 3 rings (SSSR count). The fourth-order valence-electron chi connectivity index (χ4n) is 2.61. The van der Waals surface area contributed by atoms with E-state index in [0.717, 1.165) is 4.90 Å². The average molecular weight is 397 g/mol. The van der Waals surface area contributed by atoms with Crippen molar-refractivity contribution in [3.63, 3.8) is 0 Å². The summed E-state index contributed by atoms with van der Waals surface area (Å²) in [7, 11) is 0. The summed E-state index contributed by atoms with van der Waals surface area (Å²) in [6.07, 6.45) is 0.861. The molecule has 3 aromatic rings. The molecule has 0 saturated carbocycles. The third kappa shape index (κ3) is 4.59. The third-order valence-corrected chi connectivity index (χ3v) is 5.07. The predicted octanol–water partition coefficient (Wildman–Crippen LogP) is 5.84. The molecule has 136 valence electrons. The van der Waals surface area contributed by atoms with E-state index in [9.17, 15) is 9.59 Å². The summed E-state index contributed by atoms with van der Waals surface area (Å²) in [6.45, 7) is 0. The molecule has 0 N–H and O–H groups in total. The van der Waals surface area contributed by atoms with E-state index in [2.05, 4.69) is 0 Å². The number of ether oxygens (including phenoxy) is 1. The Morgan fingerprint density at radius 2 is 1.56 bits per heavy atom. The molecular weight excluding hydrogens is 380 g/mol. The van der Waals surface area contributed by atoms with Crippen molar-refractivity contribution in [2.24, 2.45) is 0 Å². The molecule has 5 heteroatoms. The summed E-state index contributed by atoms with van der Waals surface area (Å²) in [5, 5.41) is 0.289. The van der Waals surface area contributed by atoms with Gasteiger partial charge in [0.15, 0.2) is 6.10 Å². The van der Waals surface area contributed by atoms with Crippen LogP contribution >= 0.6 is 23.4 Å². The third-order valence-electron chi connectivity index (χ3n) is 4.02. The molecule has 0 aromatic heterocycles. The lowest BCUT2D eigenvalue weighted by Gasteiger charge is -2.18. The lowest BCUT2D eigenvalue weighted by Crippen LogP contribution is -2.20. The van der Waals surface area contributed by atoms with Crippen LogP contribution in [0.1, 0.15) is 32.4 Å². The molecular formula is C22H17ClO3S. The summed E-state index contributed by atoms with van der Waals surface area (Å²) in [5.41, 5.74) is 1.32. The highest BCUT2D eigenvalue weighted by Crippen LogP contribution is 2.28. The minimum atomic E-state index is -1.05. The second-order valence-corrected chi connectivity index (χ2v) is 7.06. The van der Waals surface area contributed by atoms with Gasteiger partial charge in [-0.15, -0.1) is 11.8 Å². The molecule has 0 aliphatic carbocycles. The highest BCUT2D eigenvalue weighted by atomic mass is 35.5. The number of Topliss-reactive ketones (excluding diaryl/α,β-unsaturated/α-hetero) is 1. The van der Waals surface area contributed by atoms with E-state index in [0.29, 0.717) is 11.1 Å². The number of hydrogen-bond acceptors (Lipinski definition) is 4. The average Bonchev–Trinajstić information content (AvgIpc) is 2.73. The first kappa shape index (κ1) is 19.2. The van der Waals surface area contributed by atoms with Crippen LogP contribution in [0.2, 0.25) is 5.02 Å². The zero-order chi connectivity index (χ0) is 19.2. The maximum absolute atomic E-state index is 13.0. The van der Waals surface area contributed by atoms with E-state index in [4.69, 9.17) is 16.3 Å². The molecule has 0 bridgehead atoms. The lowest BCUT2D eigenvalue weighted by molar-refractivity contribution is 0.0280. The first-order valence-corrected chi connectivity index (χ1v) is 9.89. The normalized spacial score (nSPS) is 11.6. The van der Waals surface area contributed by atoms with Gasteiger partial charge in [-0.2, -0.15) is 0 Å². The van der Waals surface area contributed by atoms with Gasteiger partial charge in [0.1, 0.15) is 0 Å². The van der Waals surface area contributed by atoms with Gasteiger partial charge in [0.25, 0.3) is 0 Å². The summed E-state index contributed by atoms with van der Waals surface area (Å²) >= 11 is 7.67. The number of benzene rings is 3. The number of thioether (sulfide) groups is 1. The molecule has 0 aliphatic rings. The Morgan fingerprint density at radius 3 is 2.19 bits per heavy atom. The largest absolute Gasteiger partial charge is 0.445 e. The highest BCUT2D eigenvalue weighted by molar-refractivity contribution is 7.98. The highest BCUT2D eigenvalue weighted by Gasteiger charge is 2.27. The van der Waals surface area contributed by atoms with Crippen molar-refractivity contribution in [2.75, 3.05) is 6.26 Å². The molecule has 0 heterocycles. The molecule has 0 aliphatic heterocycles. The number of carbonyl (C=O) groups is 2. The number of carbonyl (C=O) groups excluding carboxylic acids is 2. The zero-order valence-electron chi connectivity index (χ0n) is 14.6. The standard InChI is InChI=1S/C22H17ClO3S/c1-27-17-12-13-19(23)18(14-17)22(25)26-21(16-10-6-3-7-11-16)20(24)15-8-4-2-5-9-15/h2-14,21H,1H3. The minimum absolute atomic E-state index is 0.241. The van der Waals surface area contributed by atoms with Crippen LogP contribution in [0, 0.1) is 0 Å². The van der Waals surface area contributed by atoms with E-state index < -0.39 is 12.1 Å². The maximum Gasteiger partial charge on any atom is 0.340 e. The molecule has 1 atom stereocenters. The topological polar surface area (TPSA) is 43.4 Å². The Morgan fingerprint density at radius 1 is 0.926 bits per heavy atom. The smallest absolute Gasteiger partial charge is 0.340 e. The fourth-order valence-corrected chi connectivity index (χ4v) is 3.25. The van der Waals surface area contributed by atoms with Crippen LogP contribution in [-0.2, 0) is 4.74 Å². The Labute approximate surface area is 167 Å². The first-order chi connectivity index (χ1) is 13.1. The summed E-state index contributed by atoms with van der Waals surface area (Å²) in [5.74, 6) is -0.915. The summed E-state index contributed by atoms with van der Waals surface area (Å²) in [6, 6.07) is 22.9. The van der Waals surface area contributed by atoms with Crippen molar-refractivity contribution in [2.45, 2.75) is 11.0 Å². The Bertz CT molecular complexity index is 942. The fraction of sp³-hybridized carbons (Fsp3) is 0.0909. The van der Waals surface area contributed by atoms with Gasteiger partial charge in [0, 0.05) is 16.0 Å². The van der Waals surface area contributed by atoms with Crippen LogP contribution in [0.15, 0.2) is 83.8 Å². The summed E-state index contributed by atoms with van der Waals surface area (Å²) in [4.78, 5) is 26.7. The SMILES string of the molecule is CSc1ccc(Cl)c(C(=O)OC(C(=O)c2ccccc2)c2ccccc2)c1. The van der Waals surface area contributed by atoms with Crippen LogP contribution < -0.4 is 0 Å². The van der Waals surface area contributed by atoms with Crippen molar-refractivity contribution < 1.29 is 14.3 Å². The van der Waals surface area contributed by atoms with E-state index >= 15 is 0 Å². The van der Waals surface area contributed by atoms with Crippen molar-refractivity contribution in [3.8, 4) is 0 Å². The van der Waals surface area contributed by atoms with Crippen LogP contribution in [0.25, 0.3) is 0 Å². The van der Waals surface area contributed by atoms with Crippen molar-refractivity contribution >= 4 is 35.1 Å². The molecule has 1 unspecified atom stereocenters. The molecule has 3 nitrogen and oxygen atoms in total. The van der Waals surface area contributed by atoms with Crippen LogP contribution in [0.4, 0.5) is 0 Å². The summed E-state index contributed by atoms with van der Waals surface area (Å²) < 4.78 is 5.64.